The molecule has 1 heterocycles. The van der Waals surface area contributed by atoms with Crippen molar-refractivity contribution in [1.82, 2.24) is 15.0 Å². The Hall–Kier alpha value is -5.40. The molecule has 0 aliphatic carbocycles. The van der Waals surface area contributed by atoms with Gasteiger partial charge in [0.25, 0.3) is 0 Å². The highest BCUT2D eigenvalue weighted by Crippen LogP contribution is 2.33. The summed E-state index contributed by atoms with van der Waals surface area (Å²) in [6, 6.07) is 46.5. The van der Waals surface area contributed by atoms with E-state index in [9.17, 15) is 5.26 Å². The van der Waals surface area contributed by atoms with E-state index in [2.05, 4.69) is 36.4 Å². The van der Waals surface area contributed by atoms with Gasteiger partial charge in [-0.1, -0.05) is 103 Å². The van der Waals surface area contributed by atoms with Crippen LogP contribution in [-0.4, -0.2) is 15.0 Å². The number of hydrogen-bond donors (Lipinski definition) is 0. The molecule has 0 atom stereocenters. The van der Waals surface area contributed by atoms with E-state index in [4.69, 9.17) is 15.0 Å². The third-order valence-corrected chi connectivity index (χ3v) is 6.35. The summed E-state index contributed by atoms with van der Waals surface area (Å²) in [5.74, 6) is 1.85. The number of hydrogen-bond acceptors (Lipinski definition) is 4. The first kappa shape index (κ1) is 23.0. The summed E-state index contributed by atoms with van der Waals surface area (Å²) in [4.78, 5) is 14.7. The lowest BCUT2D eigenvalue weighted by Crippen LogP contribution is -2.00. The zero-order valence-electron chi connectivity index (χ0n) is 20.5. The van der Waals surface area contributed by atoms with Gasteiger partial charge in [0, 0.05) is 16.7 Å². The lowest BCUT2D eigenvalue weighted by molar-refractivity contribution is 1.07. The highest BCUT2D eigenvalue weighted by Gasteiger charge is 2.14. The SMILES string of the molecule is N#Cc1ccc(-c2cc(-c3ccccc3)cc(-c3nc(-c4ccccc4)nc(-c4ccccc4)n3)c2)cc1. The fourth-order valence-electron chi connectivity index (χ4n) is 4.40. The van der Waals surface area contributed by atoms with E-state index < -0.39 is 0 Å². The Morgan fingerprint density at radius 2 is 0.737 bits per heavy atom. The summed E-state index contributed by atoms with van der Waals surface area (Å²) in [6.07, 6.45) is 0. The van der Waals surface area contributed by atoms with E-state index in [-0.39, 0.29) is 0 Å². The second kappa shape index (κ2) is 10.3. The zero-order valence-corrected chi connectivity index (χ0v) is 20.5. The lowest BCUT2D eigenvalue weighted by Gasteiger charge is -2.12. The summed E-state index contributed by atoms with van der Waals surface area (Å²) in [5, 5.41) is 9.25. The van der Waals surface area contributed by atoms with Gasteiger partial charge in [0.15, 0.2) is 17.5 Å². The third kappa shape index (κ3) is 4.82. The van der Waals surface area contributed by atoms with Crippen molar-refractivity contribution in [3.8, 4) is 62.5 Å². The van der Waals surface area contributed by atoms with Gasteiger partial charge in [0.2, 0.25) is 0 Å². The second-order valence-electron chi connectivity index (χ2n) is 8.89. The van der Waals surface area contributed by atoms with Gasteiger partial charge in [-0.25, -0.2) is 15.0 Å². The largest absolute Gasteiger partial charge is 0.208 e. The Kier molecular flexibility index (Phi) is 6.24. The van der Waals surface area contributed by atoms with E-state index in [1.807, 2.05) is 103 Å². The van der Waals surface area contributed by atoms with Crippen LogP contribution in [0, 0.1) is 11.3 Å². The average Bonchev–Trinajstić information content (AvgIpc) is 3.02. The molecule has 5 aromatic carbocycles. The van der Waals surface area contributed by atoms with Crippen LogP contribution in [0.5, 0.6) is 0 Å². The lowest BCUT2D eigenvalue weighted by atomic mass is 9.95. The number of rotatable bonds is 5. The smallest absolute Gasteiger partial charge is 0.164 e. The highest BCUT2D eigenvalue weighted by atomic mass is 15.0. The van der Waals surface area contributed by atoms with Gasteiger partial charge >= 0.3 is 0 Å². The fourth-order valence-corrected chi connectivity index (χ4v) is 4.40. The second-order valence-corrected chi connectivity index (χ2v) is 8.89. The topological polar surface area (TPSA) is 62.5 Å². The normalized spacial score (nSPS) is 10.6. The van der Waals surface area contributed by atoms with Crippen LogP contribution in [0.2, 0.25) is 0 Å². The molecule has 0 unspecified atom stereocenters. The van der Waals surface area contributed by atoms with Crippen LogP contribution in [0.4, 0.5) is 0 Å². The van der Waals surface area contributed by atoms with Crippen LogP contribution in [0.3, 0.4) is 0 Å². The molecule has 6 rings (SSSR count). The molecule has 0 bridgehead atoms. The van der Waals surface area contributed by atoms with Crippen LogP contribution >= 0.6 is 0 Å². The number of nitriles is 1. The number of nitrogens with zero attached hydrogens (tertiary/aromatic N) is 4. The average molecular weight is 487 g/mol. The summed E-state index contributed by atoms with van der Waals surface area (Å²) >= 11 is 0. The molecule has 178 valence electrons. The Morgan fingerprint density at radius 1 is 0.368 bits per heavy atom. The molecule has 38 heavy (non-hydrogen) atoms. The third-order valence-electron chi connectivity index (χ3n) is 6.35. The molecule has 0 aliphatic heterocycles. The van der Waals surface area contributed by atoms with Crippen LogP contribution in [0.1, 0.15) is 5.56 Å². The van der Waals surface area contributed by atoms with Crippen molar-refractivity contribution in [1.29, 1.82) is 5.26 Å². The first-order valence-corrected chi connectivity index (χ1v) is 12.4. The van der Waals surface area contributed by atoms with Crippen LogP contribution in [-0.2, 0) is 0 Å². The summed E-state index contributed by atoms with van der Waals surface area (Å²) in [7, 11) is 0. The van der Waals surface area contributed by atoms with E-state index in [1.54, 1.807) is 0 Å². The maximum atomic E-state index is 9.25. The van der Waals surface area contributed by atoms with Crippen molar-refractivity contribution >= 4 is 0 Å². The molecule has 0 saturated carbocycles. The Balaban J connectivity index is 1.57. The van der Waals surface area contributed by atoms with Crippen LogP contribution in [0.25, 0.3) is 56.4 Å². The van der Waals surface area contributed by atoms with Crippen molar-refractivity contribution in [2.45, 2.75) is 0 Å². The molecular formula is C34H22N4. The van der Waals surface area contributed by atoms with Crippen LogP contribution in [0.15, 0.2) is 133 Å². The minimum atomic E-state index is 0.602. The van der Waals surface area contributed by atoms with E-state index in [1.165, 1.54) is 0 Å². The molecule has 0 aliphatic rings. The molecule has 0 spiro atoms. The predicted molar refractivity (Wildman–Crippen MR) is 152 cm³/mol. The maximum absolute atomic E-state index is 9.25. The van der Waals surface area contributed by atoms with E-state index in [0.29, 0.717) is 23.0 Å². The molecule has 4 nitrogen and oxygen atoms in total. The van der Waals surface area contributed by atoms with E-state index in [0.717, 1.165) is 38.9 Å². The van der Waals surface area contributed by atoms with Crippen molar-refractivity contribution in [2.75, 3.05) is 0 Å². The van der Waals surface area contributed by atoms with Gasteiger partial charge in [-0.3, -0.25) is 0 Å². The Bertz CT molecular complexity index is 1680. The molecule has 4 heteroatoms. The summed E-state index contributed by atoms with van der Waals surface area (Å²) in [6.45, 7) is 0. The van der Waals surface area contributed by atoms with Gasteiger partial charge in [0.05, 0.1) is 11.6 Å². The van der Waals surface area contributed by atoms with Crippen molar-refractivity contribution < 1.29 is 0 Å². The first-order chi connectivity index (χ1) is 18.8. The maximum Gasteiger partial charge on any atom is 0.164 e. The molecule has 0 N–H and O–H groups in total. The standard InChI is InChI=1S/C34H22N4/c35-23-24-16-18-26(19-17-24)30-20-29(25-10-4-1-5-11-25)21-31(22-30)34-37-32(27-12-6-2-7-13-27)36-33(38-34)28-14-8-3-9-15-28/h1-22H. The Labute approximate surface area is 221 Å². The fraction of sp³-hybridized carbons (Fsp3) is 0. The predicted octanol–water partition coefficient (Wildman–Crippen LogP) is 8.08. The number of benzene rings is 5. The monoisotopic (exact) mass is 486 g/mol. The van der Waals surface area contributed by atoms with Gasteiger partial charge in [0.1, 0.15) is 0 Å². The molecule has 0 radical (unpaired) electrons. The van der Waals surface area contributed by atoms with Crippen molar-refractivity contribution in [3.63, 3.8) is 0 Å². The first-order valence-electron chi connectivity index (χ1n) is 12.4. The minimum absolute atomic E-state index is 0.602. The summed E-state index contributed by atoms with van der Waals surface area (Å²) < 4.78 is 0. The van der Waals surface area contributed by atoms with Crippen molar-refractivity contribution in [3.05, 3.63) is 139 Å². The van der Waals surface area contributed by atoms with Crippen molar-refractivity contribution in [2.24, 2.45) is 0 Å². The van der Waals surface area contributed by atoms with Gasteiger partial charge in [-0.15, -0.1) is 0 Å². The van der Waals surface area contributed by atoms with Gasteiger partial charge < -0.3 is 0 Å². The van der Waals surface area contributed by atoms with Crippen LogP contribution < -0.4 is 0 Å². The summed E-state index contributed by atoms with van der Waals surface area (Å²) in [5.41, 5.74) is 7.58. The minimum Gasteiger partial charge on any atom is -0.208 e. The molecule has 6 aromatic rings. The number of aromatic nitrogens is 3. The molecule has 0 fully saturated rings. The molecule has 1 aromatic heterocycles. The molecule has 0 amide bonds. The zero-order chi connectivity index (χ0) is 25.7. The highest BCUT2D eigenvalue weighted by molar-refractivity contribution is 5.80. The molecule has 0 saturated heterocycles. The quantitative estimate of drug-likeness (QED) is 0.247. The van der Waals surface area contributed by atoms with Gasteiger partial charge in [-0.05, 0) is 52.6 Å². The Morgan fingerprint density at radius 3 is 1.18 bits per heavy atom. The van der Waals surface area contributed by atoms with Gasteiger partial charge in [-0.2, -0.15) is 5.26 Å². The molecular weight excluding hydrogens is 464 g/mol. The van der Waals surface area contributed by atoms with E-state index >= 15 is 0 Å².